The molecule has 2 aliphatic carbocycles. The fourth-order valence-corrected chi connectivity index (χ4v) is 4.54. The van der Waals surface area contributed by atoms with Gasteiger partial charge in [-0.1, -0.05) is 18.2 Å². The molecule has 1 fully saturated rings. The van der Waals surface area contributed by atoms with Gasteiger partial charge in [0, 0.05) is 5.56 Å². The first-order valence-electron chi connectivity index (χ1n) is 8.83. The van der Waals surface area contributed by atoms with Crippen LogP contribution in [0.3, 0.4) is 0 Å². The number of allylic oxidation sites excluding steroid dienone is 1. The third kappa shape index (κ3) is 2.64. The average Bonchev–Trinajstić information content (AvgIpc) is 3.17. The van der Waals surface area contributed by atoms with E-state index in [2.05, 4.69) is 19.1 Å². The molecule has 3 heteroatoms. The molecule has 4 rings (SSSR count). The molecule has 0 aromatic heterocycles. The number of carbonyl (C=O) groups is 1. The number of fused-ring (bicyclic) bond motifs is 5. The molecule has 3 nitrogen and oxygen atoms in total. The molecule has 25 heavy (non-hydrogen) atoms. The van der Waals surface area contributed by atoms with Crippen LogP contribution in [0, 0.1) is 6.92 Å². The van der Waals surface area contributed by atoms with Gasteiger partial charge in [0.25, 0.3) is 0 Å². The molecule has 2 aliphatic rings. The molecule has 0 spiro atoms. The van der Waals surface area contributed by atoms with E-state index in [9.17, 15) is 9.90 Å². The zero-order valence-corrected chi connectivity index (χ0v) is 14.5. The first kappa shape index (κ1) is 15.9. The van der Waals surface area contributed by atoms with E-state index in [-0.39, 0.29) is 11.3 Å². The number of hydrogen-bond acceptors (Lipinski definition) is 2. The number of phenols is 1. The van der Waals surface area contributed by atoms with Crippen molar-refractivity contribution in [3.63, 3.8) is 0 Å². The minimum Gasteiger partial charge on any atom is -0.507 e. The Hall–Kier alpha value is -2.55. The average molecular weight is 334 g/mol. The minimum absolute atomic E-state index is 0.00267. The van der Waals surface area contributed by atoms with Gasteiger partial charge in [0.05, 0.1) is 5.56 Å². The molecule has 0 saturated heterocycles. The summed E-state index contributed by atoms with van der Waals surface area (Å²) in [5, 5.41) is 19.1. The lowest BCUT2D eigenvalue weighted by atomic mass is 9.86. The molecular formula is C22H22O3. The fraction of sp³-hybridized carbons (Fsp3) is 0.318. The number of aromatic hydroxyl groups is 1. The number of phenolic OH excluding ortho intramolecular Hbond substituents is 1. The monoisotopic (exact) mass is 334 g/mol. The van der Waals surface area contributed by atoms with Crippen LogP contribution < -0.4 is 0 Å². The van der Waals surface area contributed by atoms with Crippen molar-refractivity contribution >= 4 is 17.6 Å². The number of carboxylic acid groups (broad SMARTS) is 1. The maximum Gasteiger partial charge on any atom is 0.335 e. The van der Waals surface area contributed by atoms with Gasteiger partial charge in [-0.25, -0.2) is 4.79 Å². The molecule has 0 heterocycles. The molecule has 2 unspecified atom stereocenters. The standard InChI is InChI=1S/C22H22O3/c1-12(7-16-5-6-17(22(24)25)10-21(16)23)18-11-20-15-4-3-14(9-15)19(20)8-13(18)2/h5-8,10-11,14-15,23H,3-4,9H2,1-2H3,(H,24,25)/b12-7+. The second-order valence-electron chi connectivity index (χ2n) is 7.41. The maximum atomic E-state index is 11.0. The Kier molecular flexibility index (Phi) is 3.68. The van der Waals surface area contributed by atoms with Crippen molar-refractivity contribution in [2.24, 2.45) is 0 Å². The van der Waals surface area contributed by atoms with Crippen molar-refractivity contribution in [3.05, 3.63) is 63.7 Å². The highest BCUT2D eigenvalue weighted by molar-refractivity contribution is 5.90. The summed E-state index contributed by atoms with van der Waals surface area (Å²) in [7, 11) is 0. The second kappa shape index (κ2) is 5.76. The van der Waals surface area contributed by atoms with Gasteiger partial charge in [0.1, 0.15) is 5.75 Å². The SMILES string of the molecule is C/C(=C\c1ccc(C(=O)O)cc1O)c1cc2c(cc1C)C1CCC2C1. The van der Waals surface area contributed by atoms with E-state index in [1.165, 1.54) is 48.1 Å². The van der Waals surface area contributed by atoms with Crippen LogP contribution in [0.25, 0.3) is 11.6 Å². The lowest BCUT2D eigenvalue weighted by Crippen LogP contribution is -2.01. The van der Waals surface area contributed by atoms with E-state index in [0.717, 1.165) is 17.4 Å². The molecule has 2 bridgehead atoms. The minimum atomic E-state index is -1.04. The lowest BCUT2D eigenvalue weighted by Gasteiger charge is -2.18. The van der Waals surface area contributed by atoms with Crippen molar-refractivity contribution in [3.8, 4) is 5.75 Å². The molecule has 1 saturated carbocycles. The van der Waals surface area contributed by atoms with Crippen molar-refractivity contribution in [2.75, 3.05) is 0 Å². The van der Waals surface area contributed by atoms with Gasteiger partial charge in [0.2, 0.25) is 0 Å². The van der Waals surface area contributed by atoms with Crippen molar-refractivity contribution in [1.29, 1.82) is 0 Å². The number of hydrogen-bond donors (Lipinski definition) is 2. The molecular weight excluding hydrogens is 312 g/mol. The van der Waals surface area contributed by atoms with Crippen LogP contribution in [0.5, 0.6) is 5.75 Å². The summed E-state index contributed by atoms with van der Waals surface area (Å²) in [6.45, 7) is 4.19. The van der Waals surface area contributed by atoms with Gasteiger partial charge >= 0.3 is 5.97 Å². The highest BCUT2D eigenvalue weighted by Gasteiger charge is 2.37. The van der Waals surface area contributed by atoms with Gasteiger partial charge < -0.3 is 10.2 Å². The molecule has 0 radical (unpaired) electrons. The number of aromatic carboxylic acids is 1. The van der Waals surface area contributed by atoms with Gasteiger partial charge in [-0.2, -0.15) is 0 Å². The van der Waals surface area contributed by atoms with E-state index in [4.69, 9.17) is 5.11 Å². The zero-order valence-electron chi connectivity index (χ0n) is 14.5. The largest absolute Gasteiger partial charge is 0.507 e. The Morgan fingerprint density at radius 2 is 1.80 bits per heavy atom. The van der Waals surface area contributed by atoms with E-state index in [1.807, 2.05) is 13.0 Å². The predicted octanol–water partition coefficient (Wildman–Crippen LogP) is 5.32. The second-order valence-corrected chi connectivity index (χ2v) is 7.41. The zero-order chi connectivity index (χ0) is 17.7. The third-order valence-corrected chi connectivity index (χ3v) is 5.82. The smallest absolute Gasteiger partial charge is 0.335 e. The van der Waals surface area contributed by atoms with E-state index in [0.29, 0.717) is 5.56 Å². The third-order valence-electron chi connectivity index (χ3n) is 5.82. The Bertz CT molecular complexity index is 908. The van der Waals surface area contributed by atoms with Crippen molar-refractivity contribution < 1.29 is 15.0 Å². The molecule has 0 amide bonds. The quantitative estimate of drug-likeness (QED) is 0.746. The Balaban J connectivity index is 1.72. The molecule has 2 atom stereocenters. The van der Waals surface area contributed by atoms with Gasteiger partial charge in [-0.05, 0) is 91.0 Å². The van der Waals surface area contributed by atoms with E-state index in [1.54, 1.807) is 11.6 Å². The number of carboxylic acids is 1. The highest BCUT2D eigenvalue weighted by Crippen LogP contribution is 2.53. The Labute approximate surface area is 147 Å². The van der Waals surface area contributed by atoms with Crippen LogP contribution in [0.15, 0.2) is 30.3 Å². The number of benzene rings is 2. The predicted molar refractivity (Wildman–Crippen MR) is 99.1 cm³/mol. The summed E-state index contributed by atoms with van der Waals surface area (Å²) in [6, 6.07) is 9.17. The molecule has 2 aromatic carbocycles. The molecule has 2 N–H and O–H groups in total. The molecule has 0 aliphatic heterocycles. The van der Waals surface area contributed by atoms with Crippen LogP contribution in [-0.2, 0) is 0 Å². The molecule has 2 aromatic rings. The molecule has 128 valence electrons. The maximum absolute atomic E-state index is 11.0. The summed E-state index contributed by atoms with van der Waals surface area (Å²) in [6.07, 6.45) is 5.87. The van der Waals surface area contributed by atoms with Crippen molar-refractivity contribution in [1.82, 2.24) is 0 Å². The first-order valence-corrected chi connectivity index (χ1v) is 8.83. The summed E-state index contributed by atoms with van der Waals surface area (Å²) in [5.41, 5.74) is 7.35. The van der Waals surface area contributed by atoms with Crippen LogP contribution in [0.2, 0.25) is 0 Å². The van der Waals surface area contributed by atoms with Crippen LogP contribution in [-0.4, -0.2) is 16.2 Å². The summed E-state index contributed by atoms with van der Waals surface area (Å²) in [4.78, 5) is 11.0. The van der Waals surface area contributed by atoms with Crippen molar-refractivity contribution in [2.45, 2.75) is 44.9 Å². The van der Waals surface area contributed by atoms with Crippen LogP contribution >= 0.6 is 0 Å². The Morgan fingerprint density at radius 3 is 2.44 bits per heavy atom. The van der Waals surface area contributed by atoms with Gasteiger partial charge in [0.15, 0.2) is 0 Å². The van der Waals surface area contributed by atoms with Gasteiger partial charge in [-0.15, -0.1) is 0 Å². The topological polar surface area (TPSA) is 57.5 Å². The summed E-state index contributed by atoms with van der Waals surface area (Å²) < 4.78 is 0. The summed E-state index contributed by atoms with van der Waals surface area (Å²) >= 11 is 0. The van der Waals surface area contributed by atoms with E-state index >= 15 is 0 Å². The van der Waals surface area contributed by atoms with Crippen LogP contribution in [0.1, 0.15) is 76.2 Å². The summed E-state index contributed by atoms with van der Waals surface area (Å²) in [5.74, 6) is 0.434. The lowest BCUT2D eigenvalue weighted by molar-refractivity contribution is 0.0696. The van der Waals surface area contributed by atoms with E-state index < -0.39 is 5.97 Å². The number of aryl methyl sites for hydroxylation is 1. The normalized spacial score (nSPS) is 21.4. The van der Waals surface area contributed by atoms with Crippen LogP contribution in [0.4, 0.5) is 0 Å². The highest BCUT2D eigenvalue weighted by atomic mass is 16.4. The first-order chi connectivity index (χ1) is 11.9. The fourth-order valence-electron chi connectivity index (χ4n) is 4.54. The van der Waals surface area contributed by atoms with Gasteiger partial charge in [-0.3, -0.25) is 0 Å². The Morgan fingerprint density at radius 1 is 1.12 bits per heavy atom. The number of rotatable bonds is 3.